The molecular weight excluding hydrogens is 220 g/mol. The highest BCUT2D eigenvalue weighted by atomic mass is 19.3. The fourth-order valence-corrected chi connectivity index (χ4v) is 1.07. The zero-order valence-electron chi connectivity index (χ0n) is 10.0. The Bertz CT molecular complexity index is 233. The van der Waals surface area contributed by atoms with E-state index in [-0.39, 0.29) is 0 Å². The number of halogens is 2. The molecule has 0 rings (SSSR count). The van der Waals surface area contributed by atoms with Crippen molar-refractivity contribution in [3.05, 3.63) is 0 Å². The number of alkyl halides is 2. The summed E-state index contributed by atoms with van der Waals surface area (Å²) >= 11 is 0. The van der Waals surface area contributed by atoms with Gasteiger partial charge in [0, 0.05) is 6.42 Å². The molecule has 16 heavy (non-hydrogen) atoms. The smallest absolute Gasteiger partial charge is 0.407 e. The number of carbonyl (C=O) groups excluding carboxylic acids is 1. The summed E-state index contributed by atoms with van der Waals surface area (Å²) in [6.45, 7) is 5.16. The van der Waals surface area contributed by atoms with E-state index in [1.54, 1.807) is 20.8 Å². The van der Waals surface area contributed by atoms with Crippen molar-refractivity contribution in [1.29, 1.82) is 0 Å². The average Bonchev–Trinajstić information content (AvgIpc) is 1.96. The van der Waals surface area contributed by atoms with Gasteiger partial charge in [0.05, 0.1) is 12.6 Å². The Morgan fingerprint density at radius 1 is 1.38 bits per heavy atom. The van der Waals surface area contributed by atoms with Gasteiger partial charge in [0.15, 0.2) is 0 Å². The molecule has 1 amide bonds. The highest BCUT2D eigenvalue weighted by Crippen LogP contribution is 2.19. The molecule has 0 aliphatic carbocycles. The van der Waals surface area contributed by atoms with E-state index in [1.807, 2.05) is 0 Å². The Balaban J connectivity index is 4.18. The molecule has 0 saturated heterocycles. The first-order valence-corrected chi connectivity index (χ1v) is 5.02. The maximum Gasteiger partial charge on any atom is 0.407 e. The first-order chi connectivity index (χ1) is 7.03. The number of amides is 1. The lowest BCUT2D eigenvalue weighted by Crippen LogP contribution is -2.43. The molecular formula is C10H19F2NO3. The monoisotopic (exact) mass is 239 g/mol. The molecule has 0 bridgehead atoms. The molecule has 0 aromatic heterocycles. The van der Waals surface area contributed by atoms with Crippen molar-refractivity contribution in [2.75, 3.05) is 6.61 Å². The number of carbonyl (C=O) groups is 1. The van der Waals surface area contributed by atoms with Crippen molar-refractivity contribution in [3.8, 4) is 0 Å². The number of aliphatic hydroxyl groups is 1. The maximum atomic E-state index is 12.6. The summed E-state index contributed by atoms with van der Waals surface area (Å²) in [6.07, 6.45) is -1.43. The van der Waals surface area contributed by atoms with Gasteiger partial charge >= 0.3 is 6.09 Å². The number of aliphatic hydroxyl groups excluding tert-OH is 1. The summed E-state index contributed by atoms with van der Waals surface area (Å²) in [5.74, 6) is -2.94. The molecule has 96 valence electrons. The molecule has 0 aromatic carbocycles. The lowest BCUT2D eigenvalue weighted by molar-refractivity contribution is -0.00649. The van der Waals surface area contributed by atoms with Gasteiger partial charge in [0.25, 0.3) is 0 Å². The molecule has 0 radical (unpaired) electrons. The first-order valence-electron chi connectivity index (χ1n) is 5.02. The van der Waals surface area contributed by atoms with Crippen molar-refractivity contribution in [1.82, 2.24) is 5.32 Å². The number of rotatable bonds is 4. The molecule has 0 saturated carbocycles. The summed E-state index contributed by atoms with van der Waals surface area (Å²) in [4.78, 5) is 11.2. The average molecular weight is 239 g/mol. The van der Waals surface area contributed by atoms with E-state index in [0.717, 1.165) is 6.92 Å². The Morgan fingerprint density at radius 3 is 2.19 bits per heavy atom. The topological polar surface area (TPSA) is 58.6 Å². The minimum atomic E-state index is -2.94. The van der Waals surface area contributed by atoms with Crippen LogP contribution in [-0.2, 0) is 4.74 Å². The predicted molar refractivity (Wildman–Crippen MR) is 55.5 cm³/mol. The van der Waals surface area contributed by atoms with Crippen molar-refractivity contribution in [2.45, 2.75) is 51.7 Å². The van der Waals surface area contributed by atoms with Crippen molar-refractivity contribution < 1.29 is 23.4 Å². The number of alkyl carbamates (subject to hydrolysis) is 1. The summed E-state index contributed by atoms with van der Waals surface area (Å²) in [7, 11) is 0. The van der Waals surface area contributed by atoms with Crippen LogP contribution < -0.4 is 5.32 Å². The molecule has 1 atom stereocenters. The Morgan fingerprint density at radius 2 is 1.88 bits per heavy atom. The number of ether oxygens (including phenoxy) is 1. The first kappa shape index (κ1) is 15.1. The van der Waals surface area contributed by atoms with Crippen LogP contribution in [0.2, 0.25) is 0 Å². The largest absolute Gasteiger partial charge is 0.444 e. The zero-order chi connectivity index (χ0) is 13.0. The fraction of sp³-hybridized carbons (Fsp3) is 0.900. The van der Waals surface area contributed by atoms with E-state index < -0.39 is 36.7 Å². The van der Waals surface area contributed by atoms with Crippen LogP contribution in [0.3, 0.4) is 0 Å². The second-order valence-electron chi connectivity index (χ2n) is 4.80. The van der Waals surface area contributed by atoms with Crippen molar-refractivity contribution in [3.63, 3.8) is 0 Å². The van der Waals surface area contributed by atoms with Gasteiger partial charge in [-0.15, -0.1) is 0 Å². The minimum absolute atomic E-state index is 0.553. The Kier molecular flexibility index (Phi) is 5.12. The molecule has 0 spiro atoms. The van der Waals surface area contributed by atoms with E-state index in [4.69, 9.17) is 9.84 Å². The van der Waals surface area contributed by atoms with E-state index in [0.29, 0.717) is 0 Å². The van der Waals surface area contributed by atoms with Crippen LogP contribution in [0.15, 0.2) is 0 Å². The number of nitrogens with one attached hydrogen (secondary N) is 1. The van der Waals surface area contributed by atoms with Gasteiger partial charge in [-0.05, 0) is 27.7 Å². The highest BCUT2D eigenvalue weighted by molar-refractivity contribution is 5.68. The summed E-state index contributed by atoms with van der Waals surface area (Å²) in [5.41, 5.74) is -0.696. The third-order valence-corrected chi connectivity index (χ3v) is 1.55. The van der Waals surface area contributed by atoms with Crippen molar-refractivity contribution >= 4 is 6.09 Å². The maximum absolute atomic E-state index is 12.6. The summed E-state index contributed by atoms with van der Waals surface area (Å²) in [6, 6.07) is -1.00. The van der Waals surface area contributed by atoms with E-state index >= 15 is 0 Å². The quantitative estimate of drug-likeness (QED) is 0.788. The summed E-state index contributed by atoms with van der Waals surface area (Å²) < 4.78 is 30.2. The normalized spacial score (nSPS) is 14.4. The predicted octanol–water partition coefficient (Wildman–Crippen LogP) is 1.92. The van der Waals surface area contributed by atoms with Crippen LogP contribution in [-0.4, -0.2) is 35.4 Å². The third kappa shape index (κ3) is 8.40. The van der Waals surface area contributed by atoms with E-state index in [2.05, 4.69) is 5.32 Å². The van der Waals surface area contributed by atoms with Gasteiger partial charge in [0.1, 0.15) is 5.60 Å². The molecule has 0 aromatic rings. The van der Waals surface area contributed by atoms with Crippen LogP contribution in [0.4, 0.5) is 13.6 Å². The van der Waals surface area contributed by atoms with Gasteiger partial charge in [-0.3, -0.25) is 0 Å². The Hall–Kier alpha value is -0.910. The van der Waals surface area contributed by atoms with Crippen LogP contribution in [0.1, 0.15) is 34.1 Å². The molecule has 6 heteroatoms. The molecule has 1 unspecified atom stereocenters. The van der Waals surface area contributed by atoms with Crippen LogP contribution >= 0.6 is 0 Å². The number of hydrogen-bond acceptors (Lipinski definition) is 3. The van der Waals surface area contributed by atoms with Crippen molar-refractivity contribution in [2.24, 2.45) is 0 Å². The lowest BCUT2D eigenvalue weighted by atomic mass is 10.1. The van der Waals surface area contributed by atoms with Crippen LogP contribution in [0.5, 0.6) is 0 Å². The van der Waals surface area contributed by atoms with Crippen LogP contribution in [0.25, 0.3) is 0 Å². The van der Waals surface area contributed by atoms with E-state index in [1.165, 1.54) is 0 Å². The van der Waals surface area contributed by atoms with Gasteiger partial charge in [0.2, 0.25) is 5.92 Å². The molecule has 0 aliphatic heterocycles. The molecule has 2 N–H and O–H groups in total. The molecule has 4 nitrogen and oxygen atoms in total. The molecule has 0 heterocycles. The second kappa shape index (κ2) is 5.43. The fourth-order valence-electron chi connectivity index (χ4n) is 1.07. The van der Waals surface area contributed by atoms with Gasteiger partial charge < -0.3 is 15.2 Å². The second-order valence-corrected chi connectivity index (χ2v) is 4.80. The lowest BCUT2D eigenvalue weighted by Gasteiger charge is -2.24. The standard InChI is InChI=1S/C10H19F2NO3/c1-9(2,3)16-8(15)13-7(6-14)5-10(4,11)12/h7,14H,5-6H2,1-4H3,(H,13,15). The zero-order valence-corrected chi connectivity index (χ0v) is 10.0. The Labute approximate surface area is 94.0 Å². The van der Waals surface area contributed by atoms with Crippen LogP contribution in [0, 0.1) is 0 Å². The molecule has 0 aliphatic rings. The minimum Gasteiger partial charge on any atom is -0.444 e. The SMILES string of the molecule is CC(F)(F)CC(CO)NC(=O)OC(C)(C)C. The summed E-state index contributed by atoms with van der Waals surface area (Å²) in [5, 5.41) is 11.0. The van der Waals surface area contributed by atoms with Gasteiger partial charge in [-0.1, -0.05) is 0 Å². The van der Waals surface area contributed by atoms with Gasteiger partial charge in [-0.25, -0.2) is 13.6 Å². The highest BCUT2D eigenvalue weighted by Gasteiger charge is 2.28. The van der Waals surface area contributed by atoms with E-state index in [9.17, 15) is 13.6 Å². The molecule has 0 fully saturated rings. The third-order valence-electron chi connectivity index (χ3n) is 1.55. The van der Waals surface area contributed by atoms with Gasteiger partial charge in [-0.2, -0.15) is 0 Å². The number of hydrogen-bond donors (Lipinski definition) is 2.